The Morgan fingerprint density at radius 2 is 1.94 bits per heavy atom. The lowest BCUT2D eigenvalue weighted by molar-refractivity contribution is 0.232. The molecule has 2 unspecified atom stereocenters. The lowest BCUT2D eigenvalue weighted by atomic mass is 9.78. The highest BCUT2D eigenvalue weighted by Crippen LogP contribution is 2.30. The SMILES string of the molecule is Cc1nn(C)c(CC(N)CC(C)C(C)(C)C)c1Br. The molecule has 1 rings (SSSR count). The maximum atomic E-state index is 6.29. The van der Waals surface area contributed by atoms with Crippen LogP contribution in [0.4, 0.5) is 0 Å². The van der Waals surface area contributed by atoms with E-state index >= 15 is 0 Å². The van der Waals surface area contributed by atoms with E-state index in [4.69, 9.17) is 5.73 Å². The van der Waals surface area contributed by atoms with Crippen LogP contribution in [0.5, 0.6) is 0 Å². The Labute approximate surface area is 119 Å². The minimum atomic E-state index is 0.185. The molecule has 0 bridgehead atoms. The predicted octanol–water partition coefficient (Wildman–Crippen LogP) is 3.43. The normalized spacial score (nSPS) is 15.8. The van der Waals surface area contributed by atoms with Gasteiger partial charge in [-0.15, -0.1) is 0 Å². The first kappa shape index (κ1) is 15.7. The molecule has 1 heterocycles. The molecule has 0 aromatic carbocycles. The van der Waals surface area contributed by atoms with Crippen LogP contribution < -0.4 is 5.73 Å². The van der Waals surface area contributed by atoms with Crippen LogP contribution in [0, 0.1) is 18.3 Å². The molecule has 0 spiro atoms. The Balaban J connectivity index is 2.68. The molecular formula is C14H26BrN3. The molecule has 2 N–H and O–H groups in total. The van der Waals surface area contributed by atoms with E-state index in [1.807, 2.05) is 18.7 Å². The van der Waals surface area contributed by atoms with Crippen LogP contribution >= 0.6 is 15.9 Å². The second-order valence-corrected chi connectivity index (χ2v) is 7.23. The number of aryl methyl sites for hydroxylation is 2. The summed E-state index contributed by atoms with van der Waals surface area (Å²) in [5.74, 6) is 0.612. The van der Waals surface area contributed by atoms with E-state index in [2.05, 4.69) is 48.7 Å². The van der Waals surface area contributed by atoms with Crippen LogP contribution in [0.15, 0.2) is 4.47 Å². The van der Waals surface area contributed by atoms with Gasteiger partial charge in [0, 0.05) is 19.5 Å². The van der Waals surface area contributed by atoms with Crippen LogP contribution in [-0.4, -0.2) is 15.8 Å². The number of halogens is 1. The summed E-state index contributed by atoms with van der Waals surface area (Å²) in [4.78, 5) is 0. The van der Waals surface area contributed by atoms with Crippen LogP contribution in [-0.2, 0) is 13.5 Å². The van der Waals surface area contributed by atoms with Gasteiger partial charge in [-0.2, -0.15) is 5.10 Å². The fourth-order valence-electron chi connectivity index (χ4n) is 2.04. The summed E-state index contributed by atoms with van der Waals surface area (Å²) >= 11 is 3.60. The molecule has 0 fully saturated rings. The van der Waals surface area contributed by atoms with Crippen molar-refractivity contribution in [2.24, 2.45) is 24.1 Å². The number of rotatable bonds is 4. The Kier molecular flexibility index (Phi) is 5.01. The largest absolute Gasteiger partial charge is 0.327 e. The lowest BCUT2D eigenvalue weighted by Gasteiger charge is -2.29. The first-order chi connectivity index (χ1) is 8.12. The average Bonchev–Trinajstić information content (AvgIpc) is 2.43. The molecular weight excluding hydrogens is 290 g/mol. The van der Waals surface area contributed by atoms with E-state index < -0.39 is 0 Å². The number of hydrogen-bond donors (Lipinski definition) is 1. The van der Waals surface area contributed by atoms with Crippen LogP contribution in [0.3, 0.4) is 0 Å². The molecule has 1 aromatic rings. The van der Waals surface area contributed by atoms with Crippen LogP contribution in [0.1, 0.15) is 45.5 Å². The molecule has 3 nitrogen and oxygen atoms in total. The summed E-state index contributed by atoms with van der Waals surface area (Å²) in [6.45, 7) is 11.1. The van der Waals surface area contributed by atoms with Crippen LogP contribution in [0.2, 0.25) is 0 Å². The summed E-state index contributed by atoms with van der Waals surface area (Å²) < 4.78 is 3.03. The van der Waals surface area contributed by atoms with Gasteiger partial charge < -0.3 is 5.73 Å². The van der Waals surface area contributed by atoms with Crippen molar-refractivity contribution >= 4 is 15.9 Å². The molecule has 0 aliphatic rings. The molecule has 4 heteroatoms. The van der Waals surface area contributed by atoms with Gasteiger partial charge in [-0.1, -0.05) is 27.7 Å². The average molecular weight is 316 g/mol. The second kappa shape index (κ2) is 5.74. The first-order valence-corrected chi connectivity index (χ1v) is 7.35. The van der Waals surface area contributed by atoms with Gasteiger partial charge in [-0.05, 0) is 40.6 Å². The summed E-state index contributed by atoms with van der Waals surface area (Å²) in [5.41, 5.74) is 8.83. The molecule has 1 aromatic heterocycles. The molecule has 0 amide bonds. The van der Waals surface area contributed by atoms with Gasteiger partial charge in [0.05, 0.1) is 15.9 Å². The smallest absolute Gasteiger partial charge is 0.0738 e. The Morgan fingerprint density at radius 3 is 2.33 bits per heavy atom. The monoisotopic (exact) mass is 315 g/mol. The van der Waals surface area contributed by atoms with Crippen molar-refractivity contribution in [2.45, 2.75) is 53.5 Å². The van der Waals surface area contributed by atoms with Gasteiger partial charge in [0.2, 0.25) is 0 Å². The molecule has 0 saturated heterocycles. The summed E-state index contributed by atoms with van der Waals surface area (Å²) in [7, 11) is 1.98. The van der Waals surface area contributed by atoms with E-state index in [0.29, 0.717) is 11.3 Å². The number of nitrogens with two attached hydrogens (primary N) is 1. The third-order valence-electron chi connectivity index (χ3n) is 3.85. The number of nitrogens with zero attached hydrogens (tertiary/aromatic N) is 2. The van der Waals surface area contributed by atoms with Crippen molar-refractivity contribution in [1.82, 2.24) is 9.78 Å². The maximum Gasteiger partial charge on any atom is 0.0738 e. The highest BCUT2D eigenvalue weighted by atomic mass is 79.9. The molecule has 0 aliphatic heterocycles. The third kappa shape index (κ3) is 3.82. The predicted molar refractivity (Wildman–Crippen MR) is 80.6 cm³/mol. The molecule has 0 aliphatic carbocycles. The summed E-state index contributed by atoms with van der Waals surface area (Å²) in [6.07, 6.45) is 1.92. The van der Waals surface area contributed by atoms with Crippen molar-refractivity contribution < 1.29 is 0 Å². The number of hydrogen-bond acceptors (Lipinski definition) is 2. The minimum Gasteiger partial charge on any atom is -0.327 e. The van der Waals surface area contributed by atoms with E-state index in [9.17, 15) is 0 Å². The third-order valence-corrected chi connectivity index (χ3v) is 4.88. The zero-order valence-electron chi connectivity index (χ0n) is 12.4. The second-order valence-electron chi connectivity index (χ2n) is 6.44. The van der Waals surface area contributed by atoms with E-state index in [1.165, 1.54) is 5.69 Å². The fourth-order valence-corrected chi connectivity index (χ4v) is 2.54. The van der Waals surface area contributed by atoms with Gasteiger partial charge >= 0.3 is 0 Å². The standard InChI is InChI=1S/C14H26BrN3/c1-9(14(3,4)5)7-11(16)8-12-13(15)10(2)17-18(12)6/h9,11H,7-8,16H2,1-6H3. The molecule has 0 saturated carbocycles. The zero-order chi connectivity index (χ0) is 14.1. The maximum absolute atomic E-state index is 6.29. The Morgan fingerprint density at radius 1 is 1.39 bits per heavy atom. The molecule has 0 radical (unpaired) electrons. The van der Waals surface area contributed by atoms with Crippen molar-refractivity contribution in [1.29, 1.82) is 0 Å². The highest BCUT2D eigenvalue weighted by molar-refractivity contribution is 9.10. The topological polar surface area (TPSA) is 43.8 Å². The summed E-state index contributed by atoms with van der Waals surface area (Å²) in [6, 6.07) is 0.185. The van der Waals surface area contributed by atoms with Crippen molar-refractivity contribution in [3.05, 3.63) is 15.9 Å². The zero-order valence-corrected chi connectivity index (χ0v) is 14.0. The molecule has 104 valence electrons. The first-order valence-electron chi connectivity index (χ1n) is 6.56. The van der Waals surface area contributed by atoms with Gasteiger partial charge in [0.15, 0.2) is 0 Å². The van der Waals surface area contributed by atoms with E-state index in [1.54, 1.807) is 0 Å². The van der Waals surface area contributed by atoms with Crippen molar-refractivity contribution in [3.8, 4) is 0 Å². The van der Waals surface area contributed by atoms with E-state index in [-0.39, 0.29) is 6.04 Å². The van der Waals surface area contributed by atoms with Crippen LogP contribution in [0.25, 0.3) is 0 Å². The fraction of sp³-hybridized carbons (Fsp3) is 0.786. The van der Waals surface area contributed by atoms with E-state index in [0.717, 1.165) is 23.0 Å². The van der Waals surface area contributed by atoms with Gasteiger partial charge in [-0.3, -0.25) is 4.68 Å². The Hall–Kier alpha value is -0.350. The van der Waals surface area contributed by atoms with Crippen molar-refractivity contribution in [2.75, 3.05) is 0 Å². The van der Waals surface area contributed by atoms with Gasteiger partial charge in [-0.25, -0.2) is 0 Å². The Bertz CT molecular complexity index is 404. The molecule has 2 atom stereocenters. The number of aromatic nitrogens is 2. The van der Waals surface area contributed by atoms with Gasteiger partial charge in [0.25, 0.3) is 0 Å². The highest BCUT2D eigenvalue weighted by Gasteiger charge is 2.23. The molecule has 18 heavy (non-hydrogen) atoms. The lowest BCUT2D eigenvalue weighted by Crippen LogP contribution is -2.30. The minimum absolute atomic E-state index is 0.185. The summed E-state index contributed by atoms with van der Waals surface area (Å²) in [5, 5.41) is 4.41. The van der Waals surface area contributed by atoms with Gasteiger partial charge in [0.1, 0.15) is 0 Å². The van der Waals surface area contributed by atoms with Crippen molar-refractivity contribution in [3.63, 3.8) is 0 Å². The quantitative estimate of drug-likeness (QED) is 0.925.